The smallest absolute Gasteiger partial charge is 0.247 e. The maximum absolute atomic E-state index is 12.3. The number of ether oxygens (including phenoxy) is 1. The molecule has 0 aliphatic heterocycles. The Balaban J connectivity index is 1.67. The number of nitrogens with one attached hydrogen (secondary N) is 1. The number of nitrogens with zero attached hydrogens (tertiary/aromatic N) is 5. The number of hydrogen-bond donors (Lipinski definition) is 1. The number of carbonyl (C=O) groups is 1. The molecule has 0 fully saturated rings. The van der Waals surface area contributed by atoms with Crippen LogP contribution in [0.25, 0.3) is 16.7 Å². The van der Waals surface area contributed by atoms with Crippen LogP contribution in [0.1, 0.15) is 21.1 Å². The van der Waals surface area contributed by atoms with Gasteiger partial charge in [-0.3, -0.25) is 4.79 Å². The summed E-state index contributed by atoms with van der Waals surface area (Å²) >= 11 is 0. The zero-order valence-corrected chi connectivity index (χ0v) is 21.7. The van der Waals surface area contributed by atoms with E-state index in [1.807, 2.05) is 42.3 Å². The Morgan fingerprint density at radius 2 is 2.05 bits per heavy atom. The SMILES string of the molecule is [2H]C([2H])([2H])N(C)CCN(C)c1cc(OC)c(Cc2nccc(-n3cc(C)c4ccccc43)n2)cc1NC(=O)C=C. The van der Waals surface area contributed by atoms with Crippen molar-refractivity contribution in [3.63, 3.8) is 0 Å². The van der Waals surface area contributed by atoms with Gasteiger partial charge in [0, 0.05) is 60.1 Å². The van der Waals surface area contributed by atoms with Gasteiger partial charge >= 0.3 is 0 Å². The number of aromatic nitrogens is 3. The molecule has 0 unspecified atom stereocenters. The van der Waals surface area contributed by atoms with Crippen molar-refractivity contribution in [2.45, 2.75) is 13.3 Å². The van der Waals surface area contributed by atoms with E-state index in [0.29, 0.717) is 42.5 Å². The van der Waals surface area contributed by atoms with Gasteiger partial charge in [-0.15, -0.1) is 0 Å². The lowest BCUT2D eigenvalue weighted by molar-refractivity contribution is -0.111. The van der Waals surface area contributed by atoms with Crippen molar-refractivity contribution in [2.75, 3.05) is 51.5 Å². The van der Waals surface area contributed by atoms with Gasteiger partial charge in [-0.05, 0) is 50.8 Å². The van der Waals surface area contributed by atoms with Crippen molar-refractivity contribution in [3.8, 4) is 11.6 Å². The van der Waals surface area contributed by atoms with E-state index in [1.165, 1.54) is 11.0 Å². The molecule has 0 radical (unpaired) electrons. The van der Waals surface area contributed by atoms with Crippen LogP contribution in [0.15, 0.2) is 67.5 Å². The van der Waals surface area contributed by atoms with E-state index >= 15 is 0 Å². The molecular weight excluding hydrogens is 464 g/mol. The Morgan fingerprint density at radius 3 is 2.81 bits per heavy atom. The Bertz CT molecular complexity index is 1530. The molecule has 1 amide bonds. The van der Waals surface area contributed by atoms with Gasteiger partial charge in [0.1, 0.15) is 17.4 Å². The molecule has 0 bridgehead atoms. The zero-order valence-electron chi connectivity index (χ0n) is 24.7. The largest absolute Gasteiger partial charge is 0.496 e. The molecule has 4 aromatic rings. The highest BCUT2D eigenvalue weighted by atomic mass is 16.5. The van der Waals surface area contributed by atoms with Gasteiger partial charge in [0.25, 0.3) is 0 Å². The van der Waals surface area contributed by atoms with E-state index in [0.717, 1.165) is 27.8 Å². The lowest BCUT2D eigenvalue weighted by Gasteiger charge is -2.25. The van der Waals surface area contributed by atoms with Crippen LogP contribution in [-0.2, 0) is 11.2 Å². The summed E-state index contributed by atoms with van der Waals surface area (Å²) in [5.41, 5.74) is 4.23. The number of anilines is 2. The first kappa shape index (κ1) is 22.1. The minimum absolute atomic E-state index is 0.292. The second kappa shape index (κ2) is 11.3. The van der Waals surface area contributed by atoms with Crippen molar-refractivity contribution >= 4 is 28.2 Å². The van der Waals surface area contributed by atoms with Gasteiger partial charge in [0.05, 0.1) is 24.0 Å². The molecule has 4 rings (SSSR count). The summed E-state index contributed by atoms with van der Waals surface area (Å²) in [5.74, 6) is 1.58. The summed E-state index contributed by atoms with van der Waals surface area (Å²) in [6.45, 7) is 4.14. The Hall–Kier alpha value is -4.17. The molecule has 0 aliphatic rings. The Kier molecular flexibility index (Phi) is 6.71. The van der Waals surface area contributed by atoms with Crippen molar-refractivity contribution in [1.82, 2.24) is 19.4 Å². The van der Waals surface area contributed by atoms with Gasteiger partial charge in [-0.25, -0.2) is 9.97 Å². The van der Waals surface area contributed by atoms with Crippen molar-refractivity contribution < 1.29 is 13.6 Å². The molecule has 2 aromatic carbocycles. The summed E-state index contributed by atoms with van der Waals surface area (Å²) in [4.78, 5) is 24.8. The monoisotopic (exact) mass is 501 g/mol. The van der Waals surface area contributed by atoms with Crippen LogP contribution in [0.4, 0.5) is 11.4 Å². The van der Waals surface area contributed by atoms with Gasteiger partial charge in [0.15, 0.2) is 0 Å². The summed E-state index contributed by atoms with van der Waals surface area (Å²) in [5, 5.41) is 4.04. The van der Waals surface area contributed by atoms with Crippen LogP contribution in [0.3, 0.4) is 0 Å². The lowest BCUT2D eigenvalue weighted by atomic mass is 10.1. The van der Waals surface area contributed by atoms with Crippen LogP contribution in [0, 0.1) is 6.92 Å². The number of benzene rings is 2. The normalized spacial score (nSPS) is 12.6. The van der Waals surface area contributed by atoms with Crippen molar-refractivity contribution in [2.24, 2.45) is 0 Å². The van der Waals surface area contributed by atoms with Crippen LogP contribution in [0.5, 0.6) is 5.75 Å². The molecule has 0 atom stereocenters. The third kappa shape index (κ3) is 5.81. The topological polar surface area (TPSA) is 75.5 Å². The fraction of sp³-hybridized carbons (Fsp3) is 0.276. The fourth-order valence-electron chi connectivity index (χ4n) is 4.28. The average Bonchev–Trinajstić information content (AvgIpc) is 3.27. The number of fused-ring (bicyclic) bond motifs is 1. The summed E-state index contributed by atoms with van der Waals surface area (Å²) in [7, 11) is 4.97. The van der Waals surface area contributed by atoms with Crippen LogP contribution in [-0.4, -0.2) is 66.6 Å². The maximum Gasteiger partial charge on any atom is 0.247 e. The van der Waals surface area contributed by atoms with E-state index in [9.17, 15) is 4.79 Å². The molecule has 0 saturated carbocycles. The van der Waals surface area contributed by atoms with Gasteiger partial charge in [0.2, 0.25) is 5.91 Å². The van der Waals surface area contributed by atoms with Crippen molar-refractivity contribution in [1.29, 1.82) is 0 Å². The molecule has 0 spiro atoms. The van der Waals surface area contributed by atoms with Gasteiger partial charge in [-0.1, -0.05) is 24.8 Å². The summed E-state index contributed by atoms with van der Waals surface area (Å²) in [6.07, 6.45) is 5.36. The number of hydrogen-bond acceptors (Lipinski definition) is 6. The molecule has 1 N–H and O–H groups in total. The van der Waals surface area contributed by atoms with E-state index in [1.54, 1.807) is 20.4 Å². The number of para-hydroxylation sites is 1. The average molecular weight is 502 g/mol. The number of carbonyl (C=O) groups excluding carboxylic acids is 1. The van der Waals surface area contributed by atoms with E-state index in [-0.39, 0.29) is 5.91 Å². The molecule has 8 heteroatoms. The number of methoxy groups -OCH3 is 1. The second-order valence-electron chi connectivity index (χ2n) is 8.92. The summed E-state index contributed by atoms with van der Waals surface area (Å²) in [6, 6.07) is 13.7. The zero-order chi connectivity index (χ0) is 29.0. The number of amides is 1. The molecule has 0 aliphatic carbocycles. The highest BCUT2D eigenvalue weighted by molar-refractivity contribution is 6.01. The molecule has 8 nitrogen and oxygen atoms in total. The Labute approximate surface area is 222 Å². The van der Waals surface area contributed by atoms with Crippen LogP contribution >= 0.6 is 0 Å². The first-order valence-electron chi connectivity index (χ1n) is 13.5. The lowest BCUT2D eigenvalue weighted by Crippen LogP contribution is -2.29. The fourth-order valence-corrected chi connectivity index (χ4v) is 4.28. The number of likely N-dealkylation sites (N-methyl/N-ethyl adjacent to an activating group) is 2. The minimum Gasteiger partial charge on any atom is -0.496 e. The second-order valence-corrected chi connectivity index (χ2v) is 8.92. The van der Waals surface area contributed by atoms with Gasteiger partial charge < -0.3 is 24.4 Å². The van der Waals surface area contributed by atoms with Crippen molar-refractivity contribution in [3.05, 3.63) is 84.5 Å². The van der Waals surface area contributed by atoms with E-state index in [2.05, 4.69) is 46.7 Å². The third-order valence-corrected chi connectivity index (χ3v) is 6.22. The van der Waals surface area contributed by atoms with E-state index in [4.69, 9.17) is 13.8 Å². The molecule has 2 heterocycles. The number of rotatable bonds is 10. The predicted molar refractivity (Wildman–Crippen MR) is 150 cm³/mol. The quantitative estimate of drug-likeness (QED) is 0.324. The highest BCUT2D eigenvalue weighted by Gasteiger charge is 2.17. The first-order valence-corrected chi connectivity index (χ1v) is 12.0. The first-order chi connectivity index (χ1) is 19.0. The van der Waals surface area contributed by atoms with E-state index < -0.39 is 6.98 Å². The molecule has 2 aromatic heterocycles. The molecule has 0 saturated heterocycles. The van der Waals surface area contributed by atoms with Gasteiger partial charge in [-0.2, -0.15) is 0 Å². The number of aryl methyl sites for hydroxylation is 1. The third-order valence-electron chi connectivity index (χ3n) is 6.22. The maximum atomic E-state index is 12.3. The van der Waals surface area contributed by atoms with Crippen LogP contribution < -0.4 is 15.0 Å². The standard InChI is InChI=1S/C29H34N6O2/c1-7-29(36)31-23-16-21(26(37-6)18-25(23)34(5)15-14-33(3)4)17-27-30-13-12-28(32-27)35-19-20(2)22-10-8-9-11-24(22)35/h7-13,16,18-19H,1,14-15,17H2,2-6H3,(H,31,36)/i3D3. The molecular formula is C29H34N6O2. The molecule has 192 valence electrons. The van der Waals surface area contributed by atoms with Crippen LogP contribution in [0.2, 0.25) is 0 Å². The predicted octanol–water partition coefficient (Wildman–Crippen LogP) is 4.45. The minimum atomic E-state index is -2.19. The highest BCUT2D eigenvalue weighted by Crippen LogP contribution is 2.34. The molecule has 37 heavy (non-hydrogen) atoms. The Morgan fingerprint density at radius 1 is 1.24 bits per heavy atom. The summed E-state index contributed by atoms with van der Waals surface area (Å²) < 4.78 is 30.6.